The fourth-order valence-corrected chi connectivity index (χ4v) is 12.5. The molecule has 0 spiro atoms. The number of hydrogen-bond donors (Lipinski definition) is 0. The second-order valence-corrected chi connectivity index (χ2v) is 20.6. The van der Waals surface area contributed by atoms with Gasteiger partial charge in [-0.2, -0.15) is 0 Å². The average Bonchev–Trinajstić information content (AvgIpc) is 4.30. The third-order valence-electron chi connectivity index (χ3n) is 15.1. The van der Waals surface area contributed by atoms with E-state index in [0.29, 0.717) is 17.5 Å². The van der Waals surface area contributed by atoms with Crippen LogP contribution < -0.4 is 0 Å². The molecule has 16 rings (SSSR count). The molecule has 0 N–H and O–H groups in total. The van der Waals surface area contributed by atoms with Gasteiger partial charge in [0.1, 0.15) is 22.3 Å². The summed E-state index contributed by atoms with van der Waals surface area (Å²) in [7, 11) is 0. The van der Waals surface area contributed by atoms with Crippen molar-refractivity contribution in [3.8, 4) is 73.2 Å². The molecule has 0 aliphatic rings. The Kier molecular flexibility index (Phi) is 9.40. The summed E-state index contributed by atoms with van der Waals surface area (Å²) in [5.74, 6) is 1.68. The van der Waals surface area contributed by atoms with E-state index in [1.807, 2.05) is 53.8 Å². The highest BCUT2D eigenvalue weighted by atomic mass is 32.1. The van der Waals surface area contributed by atoms with Crippen LogP contribution >= 0.6 is 11.3 Å². The summed E-state index contributed by atoms with van der Waals surface area (Å²) in [4.78, 5) is 15.7. The monoisotopic (exact) mass is 988 g/mol. The van der Waals surface area contributed by atoms with Crippen LogP contribution in [0.2, 0.25) is 0 Å². The number of para-hydroxylation sites is 3. The second kappa shape index (κ2) is 16.8. The molecule has 7 heteroatoms. The van der Waals surface area contributed by atoms with Gasteiger partial charge in [0.2, 0.25) is 0 Å². The van der Waals surface area contributed by atoms with E-state index in [4.69, 9.17) is 23.8 Å². The third-order valence-corrected chi connectivity index (χ3v) is 16.2. The molecular weight excluding hydrogens is 949 g/mol. The van der Waals surface area contributed by atoms with Gasteiger partial charge >= 0.3 is 0 Å². The van der Waals surface area contributed by atoms with Gasteiger partial charge in [-0.3, -0.25) is 0 Å². The van der Waals surface area contributed by atoms with Crippen molar-refractivity contribution >= 4 is 97.2 Å². The zero-order valence-corrected chi connectivity index (χ0v) is 41.4. The minimum atomic E-state index is 0.552. The third kappa shape index (κ3) is 6.83. The molecule has 354 valence electrons. The number of hydrogen-bond acceptors (Lipinski definition) is 6. The van der Waals surface area contributed by atoms with Crippen LogP contribution in [0, 0.1) is 0 Å². The SMILES string of the molecule is c1ccc(-c2ccc(-c3nc(-c4ccc5c(c4)oc4ccccc45)nc(-c4cccc5oc6ccc(-c7ccc8sc9ccc(-c%10ccc%11c(c%10)c%10ccccc%10n%11-c%10ccccc%10)cc9c8c7)cc6c45)n3)cc2)cc1. The lowest BCUT2D eigenvalue weighted by Gasteiger charge is -2.10. The van der Waals surface area contributed by atoms with Gasteiger partial charge in [-0.05, 0) is 124 Å². The van der Waals surface area contributed by atoms with Gasteiger partial charge in [-0.15, -0.1) is 11.3 Å². The number of rotatable bonds is 7. The minimum absolute atomic E-state index is 0.552. The van der Waals surface area contributed by atoms with Gasteiger partial charge in [0.15, 0.2) is 17.5 Å². The largest absolute Gasteiger partial charge is 0.456 e. The van der Waals surface area contributed by atoms with Crippen LogP contribution in [0.5, 0.6) is 0 Å². The van der Waals surface area contributed by atoms with E-state index in [0.717, 1.165) is 88.5 Å². The Morgan fingerprint density at radius 3 is 1.58 bits per heavy atom. The quantitative estimate of drug-likeness (QED) is 0.159. The molecule has 0 fully saturated rings. The van der Waals surface area contributed by atoms with Crippen LogP contribution in [0.3, 0.4) is 0 Å². The van der Waals surface area contributed by atoms with Crippen molar-refractivity contribution in [1.82, 2.24) is 19.5 Å². The molecule has 11 aromatic carbocycles. The van der Waals surface area contributed by atoms with Crippen molar-refractivity contribution in [1.29, 1.82) is 0 Å². The molecule has 0 aliphatic carbocycles. The number of furan rings is 2. The van der Waals surface area contributed by atoms with E-state index in [2.05, 4.69) is 205 Å². The maximum atomic E-state index is 6.63. The van der Waals surface area contributed by atoms with Crippen LogP contribution in [-0.4, -0.2) is 19.5 Å². The van der Waals surface area contributed by atoms with Crippen LogP contribution in [0.25, 0.3) is 159 Å². The highest BCUT2D eigenvalue weighted by Crippen LogP contribution is 2.43. The smallest absolute Gasteiger partial charge is 0.164 e. The van der Waals surface area contributed by atoms with E-state index < -0.39 is 0 Å². The fraction of sp³-hybridized carbons (Fsp3) is 0. The molecule has 0 bridgehead atoms. The Bertz CT molecular complexity index is 4990. The molecule has 0 amide bonds. The molecule has 5 heterocycles. The van der Waals surface area contributed by atoms with E-state index in [-0.39, 0.29) is 0 Å². The second-order valence-electron chi connectivity index (χ2n) is 19.5. The van der Waals surface area contributed by atoms with Gasteiger partial charge in [0.25, 0.3) is 0 Å². The first kappa shape index (κ1) is 42.5. The van der Waals surface area contributed by atoms with Crippen molar-refractivity contribution in [3.63, 3.8) is 0 Å². The average molecular weight is 989 g/mol. The van der Waals surface area contributed by atoms with E-state index in [1.54, 1.807) is 0 Å². The van der Waals surface area contributed by atoms with Crippen molar-refractivity contribution in [2.24, 2.45) is 0 Å². The summed E-state index contributed by atoms with van der Waals surface area (Å²) >= 11 is 1.84. The number of benzene rings is 11. The van der Waals surface area contributed by atoms with Crippen molar-refractivity contribution < 1.29 is 8.83 Å². The molecule has 0 unspecified atom stereocenters. The zero-order valence-electron chi connectivity index (χ0n) is 40.6. The minimum Gasteiger partial charge on any atom is -0.456 e. The summed E-state index contributed by atoms with van der Waals surface area (Å²) < 4.78 is 17.9. The van der Waals surface area contributed by atoms with Crippen molar-refractivity contribution in [2.45, 2.75) is 0 Å². The van der Waals surface area contributed by atoms with Crippen LogP contribution in [0.4, 0.5) is 0 Å². The first-order valence-electron chi connectivity index (χ1n) is 25.5. The molecule has 5 aromatic heterocycles. The molecule has 76 heavy (non-hydrogen) atoms. The topological polar surface area (TPSA) is 69.9 Å². The van der Waals surface area contributed by atoms with Gasteiger partial charge in [-0.25, -0.2) is 15.0 Å². The maximum Gasteiger partial charge on any atom is 0.164 e. The lowest BCUT2D eigenvalue weighted by atomic mass is 9.98. The van der Waals surface area contributed by atoms with Gasteiger partial charge < -0.3 is 13.4 Å². The first-order chi connectivity index (χ1) is 37.6. The molecule has 0 aliphatic heterocycles. The predicted octanol–water partition coefficient (Wildman–Crippen LogP) is 19.1. The number of fused-ring (bicyclic) bond motifs is 12. The number of thiophene rings is 1. The molecule has 0 saturated carbocycles. The Hall–Kier alpha value is -9.95. The number of aromatic nitrogens is 4. The fourth-order valence-electron chi connectivity index (χ4n) is 11.4. The lowest BCUT2D eigenvalue weighted by molar-refractivity contribution is 0.668. The van der Waals surface area contributed by atoms with Gasteiger partial charge in [0.05, 0.1) is 11.0 Å². The first-order valence-corrected chi connectivity index (χ1v) is 26.3. The van der Waals surface area contributed by atoms with E-state index in [9.17, 15) is 0 Å². The highest BCUT2D eigenvalue weighted by molar-refractivity contribution is 7.25. The molecular formula is C69H40N4O2S. The van der Waals surface area contributed by atoms with Gasteiger partial charge in [-0.1, -0.05) is 152 Å². The molecule has 0 atom stereocenters. The molecule has 0 radical (unpaired) electrons. The summed E-state index contributed by atoms with van der Waals surface area (Å²) in [6.45, 7) is 0. The van der Waals surface area contributed by atoms with Gasteiger partial charge in [0, 0.05) is 74.9 Å². The Morgan fingerprint density at radius 1 is 0.289 bits per heavy atom. The number of nitrogens with zero attached hydrogens (tertiary/aromatic N) is 4. The van der Waals surface area contributed by atoms with Crippen LogP contribution in [0.15, 0.2) is 251 Å². The summed E-state index contributed by atoms with van der Waals surface area (Å²) in [6.07, 6.45) is 0. The zero-order chi connectivity index (χ0) is 49.8. The van der Waals surface area contributed by atoms with E-state index >= 15 is 0 Å². The Balaban J connectivity index is 0.810. The lowest BCUT2D eigenvalue weighted by Crippen LogP contribution is -2.00. The maximum absolute atomic E-state index is 6.63. The summed E-state index contributed by atoms with van der Waals surface area (Å²) in [5.41, 5.74) is 16.2. The van der Waals surface area contributed by atoms with Crippen LogP contribution in [0.1, 0.15) is 0 Å². The van der Waals surface area contributed by atoms with E-state index in [1.165, 1.54) is 53.1 Å². The van der Waals surface area contributed by atoms with Crippen molar-refractivity contribution in [2.75, 3.05) is 0 Å². The Morgan fingerprint density at radius 2 is 0.803 bits per heavy atom. The normalized spacial score (nSPS) is 11.9. The predicted molar refractivity (Wildman–Crippen MR) is 314 cm³/mol. The molecule has 16 aromatic rings. The summed E-state index contributed by atoms with van der Waals surface area (Å²) in [6, 6.07) is 85.9. The molecule has 6 nitrogen and oxygen atoms in total. The molecule has 0 saturated heterocycles. The highest BCUT2D eigenvalue weighted by Gasteiger charge is 2.21. The Labute approximate surface area is 439 Å². The van der Waals surface area contributed by atoms with Crippen molar-refractivity contribution in [3.05, 3.63) is 243 Å². The standard InChI is InChI=1S/C69H40N4O2S/c1-3-12-41(13-4-1)42-22-24-43(25-23-42)67-70-68(48-26-31-52-51-17-8-10-20-60(51)75-63(52)40-48)72-69(71-67)53-18-11-21-62-66(53)57-39-45(28-33-61(57)74-62)47-30-35-65-56(38-47)55-37-46(29-34-64(55)76-65)44-27-32-59-54(36-44)50-16-7-9-19-58(50)73(59)49-14-5-2-6-15-49/h1-40H. The van der Waals surface area contributed by atoms with Crippen LogP contribution in [-0.2, 0) is 0 Å². The summed E-state index contributed by atoms with van der Waals surface area (Å²) in [5, 5.41) is 9.03.